The minimum absolute atomic E-state index is 0.769. The van der Waals surface area contributed by atoms with Crippen LogP contribution in [-0.4, -0.2) is 9.97 Å². The maximum Gasteiger partial charge on any atom is 0.160 e. The van der Waals surface area contributed by atoms with Crippen molar-refractivity contribution >= 4 is 6.08 Å². The van der Waals surface area contributed by atoms with Crippen LogP contribution in [0.1, 0.15) is 59.7 Å². The van der Waals surface area contributed by atoms with Crippen molar-refractivity contribution in [1.29, 1.82) is 0 Å². The van der Waals surface area contributed by atoms with E-state index in [0.717, 1.165) is 33.9 Å². The molecule has 3 aromatic rings. The average molecular weight is 403 g/mol. The number of hydrogen-bond acceptors (Lipinski definition) is 2. The van der Waals surface area contributed by atoms with E-state index < -0.39 is 0 Å². The van der Waals surface area contributed by atoms with Gasteiger partial charge in [-0.15, -0.1) is 0 Å². The average Bonchev–Trinajstić information content (AvgIpc) is 2.84. The van der Waals surface area contributed by atoms with Gasteiger partial charge in [0.25, 0.3) is 0 Å². The van der Waals surface area contributed by atoms with Crippen molar-refractivity contribution < 1.29 is 0 Å². The van der Waals surface area contributed by atoms with Crippen LogP contribution in [0, 0.1) is 6.92 Å². The Balaban J connectivity index is 0.000000924. The highest BCUT2D eigenvalue weighted by Crippen LogP contribution is 2.27. The minimum Gasteiger partial charge on any atom is -0.233 e. The van der Waals surface area contributed by atoms with Crippen LogP contribution in [0.15, 0.2) is 78.9 Å². The number of benzene rings is 2. The second kappa shape index (κ2) is 16.9. The maximum atomic E-state index is 4.83. The van der Waals surface area contributed by atoms with Gasteiger partial charge in [-0.3, -0.25) is 0 Å². The molecule has 30 heavy (non-hydrogen) atoms. The normalized spacial score (nSPS) is 9.73. The number of nitrogens with zero attached hydrogens (tertiary/aromatic N) is 2. The first-order valence-electron chi connectivity index (χ1n) is 10.9. The molecule has 0 aliphatic rings. The molecule has 0 N–H and O–H groups in total. The third-order valence-corrected chi connectivity index (χ3v) is 3.88. The summed E-state index contributed by atoms with van der Waals surface area (Å²) < 4.78 is 0. The second-order valence-electron chi connectivity index (χ2n) is 5.79. The maximum absolute atomic E-state index is 4.83. The molecule has 0 bridgehead atoms. The Hall–Kier alpha value is -3.00. The largest absolute Gasteiger partial charge is 0.233 e. The fourth-order valence-corrected chi connectivity index (χ4v) is 2.48. The lowest BCUT2D eigenvalue weighted by atomic mass is 10.0. The molecule has 3 rings (SSSR count). The lowest BCUT2D eigenvalue weighted by molar-refractivity contribution is 1.10. The summed E-state index contributed by atoms with van der Waals surface area (Å²) in [6.45, 7) is 16.1. The monoisotopic (exact) mass is 402 g/mol. The first-order chi connectivity index (χ1) is 14.7. The van der Waals surface area contributed by atoms with Crippen LogP contribution in [0.4, 0.5) is 0 Å². The van der Waals surface area contributed by atoms with Crippen molar-refractivity contribution in [3.8, 4) is 22.6 Å². The Morgan fingerprint density at radius 1 is 0.600 bits per heavy atom. The number of allylic oxidation sites excluding steroid dienone is 3. The predicted molar refractivity (Wildman–Crippen MR) is 136 cm³/mol. The van der Waals surface area contributed by atoms with Crippen LogP contribution in [0.3, 0.4) is 0 Å². The highest BCUT2D eigenvalue weighted by molar-refractivity contribution is 5.75. The Bertz CT molecular complexity index is 860. The van der Waals surface area contributed by atoms with Crippen molar-refractivity contribution in [3.05, 3.63) is 90.1 Å². The van der Waals surface area contributed by atoms with Crippen molar-refractivity contribution in [1.82, 2.24) is 9.97 Å². The summed E-state index contributed by atoms with van der Waals surface area (Å²) in [6.07, 6.45) is 8.10. The van der Waals surface area contributed by atoms with Crippen LogP contribution in [0.5, 0.6) is 0 Å². The highest BCUT2D eigenvalue weighted by atomic mass is 14.9. The van der Waals surface area contributed by atoms with Crippen molar-refractivity contribution in [2.75, 3.05) is 0 Å². The van der Waals surface area contributed by atoms with E-state index in [4.69, 9.17) is 4.98 Å². The van der Waals surface area contributed by atoms with Crippen molar-refractivity contribution in [2.45, 2.75) is 55.4 Å². The van der Waals surface area contributed by atoms with Gasteiger partial charge in [-0.25, -0.2) is 9.97 Å². The summed E-state index contributed by atoms with van der Waals surface area (Å²) in [5.74, 6) is 0.769. The first-order valence-corrected chi connectivity index (χ1v) is 10.9. The topological polar surface area (TPSA) is 25.8 Å². The van der Waals surface area contributed by atoms with Gasteiger partial charge < -0.3 is 0 Å². The van der Waals surface area contributed by atoms with Gasteiger partial charge in [0.2, 0.25) is 0 Å². The van der Waals surface area contributed by atoms with E-state index in [-0.39, 0.29) is 0 Å². The van der Waals surface area contributed by atoms with Crippen LogP contribution < -0.4 is 0 Å². The van der Waals surface area contributed by atoms with Gasteiger partial charge in [0.15, 0.2) is 5.82 Å². The predicted octanol–water partition coefficient (Wildman–Crippen LogP) is 8.79. The molecule has 0 atom stereocenters. The zero-order valence-corrected chi connectivity index (χ0v) is 20.0. The molecule has 0 aliphatic heterocycles. The van der Waals surface area contributed by atoms with E-state index in [1.807, 2.05) is 122 Å². The van der Waals surface area contributed by atoms with Gasteiger partial charge >= 0.3 is 0 Å². The minimum atomic E-state index is 0.769. The summed E-state index contributed by atoms with van der Waals surface area (Å²) in [5, 5.41) is 0. The van der Waals surface area contributed by atoms with Crippen molar-refractivity contribution in [3.63, 3.8) is 0 Å². The lowest BCUT2D eigenvalue weighted by Crippen LogP contribution is -1.99. The van der Waals surface area contributed by atoms with E-state index in [1.165, 1.54) is 0 Å². The summed E-state index contributed by atoms with van der Waals surface area (Å²) in [7, 11) is 0. The van der Waals surface area contributed by atoms with Gasteiger partial charge in [0.1, 0.15) is 0 Å². The molecule has 1 heterocycles. The van der Waals surface area contributed by atoms with E-state index in [1.54, 1.807) is 0 Å². The van der Waals surface area contributed by atoms with Gasteiger partial charge in [-0.05, 0) is 27.7 Å². The molecule has 160 valence electrons. The smallest absolute Gasteiger partial charge is 0.160 e. The molecule has 0 saturated heterocycles. The molecule has 0 spiro atoms. The molecular weight excluding hydrogens is 364 g/mol. The summed E-state index contributed by atoms with van der Waals surface area (Å²) in [4.78, 5) is 9.52. The Kier molecular flexibility index (Phi) is 15.2. The second-order valence-corrected chi connectivity index (χ2v) is 5.79. The Labute approximate surface area is 184 Å². The molecular formula is C28H38N2. The molecule has 0 radical (unpaired) electrons. The molecule has 2 aromatic carbocycles. The van der Waals surface area contributed by atoms with Crippen LogP contribution in [-0.2, 0) is 0 Å². The van der Waals surface area contributed by atoms with Gasteiger partial charge in [-0.2, -0.15) is 0 Å². The Morgan fingerprint density at radius 3 is 1.50 bits per heavy atom. The summed E-state index contributed by atoms with van der Waals surface area (Å²) >= 11 is 0. The number of aromatic nitrogens is 2. The molecule has 0 saturated carbocycles. The fraction of sp³-hybridized carbons (Fsp3) is 0.286. The standard InChI is InChI=1S/C20H18N2.C4H8.2C2H6/c1-3-10-18-15(2)21-20(17-13-8-5-9-14-17)22-19(18)16-11-6-4-7-12-16;1-3-4-2;2*1-2/h3-14H,1-2H3;3-4H,1-2H3;2*1-2H3/b10-3-;4-3-;;. The molecule has 0 fully saturated rings. The van der Waals surface area contributed by atoms with E-state index >= 15 is 0 Å². The van der Waals surface area contributed by atoms with Gasteiger partial charge in [-0.1, -0.05) is 113 Å². The summed E-state index contributed by atoms with van der Waals surface area (Å²) in [6, 6.07) is 20.4. The van der Waals surface area contributed by atoms with E-state index in [2.05, 4.69) is 23.2 Å². The van der Waals surface area contributed by atoms with Crippen LogP contribution >= 0.6 is 0 Å². The number of hydrogen-bond donors (Lipinski definition) is 0. The number of rotatable bonds is 3. The quantitative estimate of drug-likeness (QED) is 0.409. The Morgan fingerprint density at radius 2 is 1.07 bits per heavy atom. The number of aryl methyl sites for hydroxylation is 1. The fourth-order valence-electron chi connectivity index (χ4n) is 2.48. The lowest BCUT2D eigenvalue weighted by Gasteiger charge is -2.11. The zero-order valence-electron chi connectivity index (χ0n) is 20.0. The molecule has 2 heteroatoms. The molecule has 2 nitrogen and oxygen atoms in total. The summed E-state index contributed by atoms with van der Waals surface area (Å²) in [5.41, 5.74) is 5.19. The first kappa shape index (κ1) is 27.0. The SMILES string of the molecule is C/C=C\C.C/C=C\c1c(C)nc(-c2ccccc2)nc1-c1ccccc1.CC.CC. The highest BCUT2D eigenvalue weighted by Gasteiger charge is 2.12. The molecule has 1 aromatic heterocycles. The van der Waals surface area contributed by atoms with Crippen LogP contribution in [0.25, 0.3) is 28.7 Å². The van der Waals surface area contributed by atoms with Gasteiger partial charge in [0.05, 0.1) is 5.69 Å². The third kappa shape index (κ3) is 8.57. The zero-order chi connectivity index (χ0) is 22.8. The van der Waals surface area contributed by atoms with Crippen molar-refractivity contribution in [2.24, 2.45) is 0 Å². The molecule has 0 amide bonds. The molecule has 0 aliphatic carbocycles. The van der Waals surface area contributed by atoms with E-state index in [9.17, 15) is 0 Å². The van der Waals surface area contributed by atoms with Gasteiger partial charge in [0, 0.05) is 22.4 Å². The van der Waals surface area contributed by atoms with Crippen LogP contribution in [0.2, 0.25) is 0 Å². The van der Waals surface area contributed by atoms with E-state index in [0.29, 0.717) is 0 Å². The third-order valence-electron chi connectivity index (χ3n) is 3.88. The molecule has 0 unspecified atom stereocenters.